The van der Waals surface area contributed by atoms with Crippen LogP contribution in [0.25, 0.3) is 0 Å². The highest BCUT2D eigenvalue weighted by molar-refractivity contribution is 7.89. The highest BCUT2D eigenvalue weighted by Gasteiger charge is 2.32. The van der Waals surface area contributed by atoms with E-state index in [1.807, 2.05) is 6.92 Å². The lowest BCUT2D eigenvalue weighted by Crippen LogP contribution is -2.55. The molecule has 1 aromatic heterocycles. The number of nitrogens with zero attached hydrogens (tertiary/aromatic N) is 1. The molecular formula is C11H20N4O2S. The van der Waals surface area contributed by atoms with Crippen LogP contribution in [0, 0.1) is 12.8 Å². The van der Waals surface area contributed by atoms with Crippen LogP contribution in [0.4, 0.5) is 0 Å². The van der Waals surface area contributed by atoms with Crippen molar-refractivity contribution in [2.24, 2.45) is 5.92 Å². The molecular weight excluding hydrogens is 252 g/mol. The zero-order valence-corrected chi connectivity index (χ0v) is 11.7. The van der Waals surface area contributed by atoms with Crippen molar-refractivity contribution >= 4 is 10.0 Å². The van der Waals surface area contributed by atoms with Crippen molar-refractivity contribution in [2.45, 2.75) is 44.3 Å². The van der Waals surface area contributed by atoms with E-state index < -0.39 is 10.0 Å². The minimum atomic E-state index is -3.51. The molecule has 2 heterocycles. The molecule has 0 aliphatic carbocycles. The number of sulfonamides is 1. The van der Waals surface area contributed by atoms with E-state index in [2.05, 4.69) is 26.9 Å². The average molecular weight is 272 g/mol. The monoisotopic (exact) mass is 272 g/mol. The molecule has 18 heavy (non-hydrogen) atoms. The van der Waals surface area contributed by atoms with Crippen molar-refractivity contribution in [3.63, 3.8) is 0 Å². The zero-order valence-electron chi connectivity index (χ0n) is 10.9. The lowest BCUT2D eigenvalue weighted by Gasteiger charge is -2.35. The molecule has 0 amide bonds. The molecule has 1 saturated heterocycles. The van der Waals surface area contributed by atoms with E-state index in [1.165, 1.54) is 6.20 Å². The number of rotatable bonds is 3. The van der Waals surface area contributed by atoms with Crippen molar-refractivity contribution in [1.29, 1.82) is 0 Å². The summed E-state index contributed by atoms with van der Waals surface area (Å²) in [5, 5.41) is 3.42. The van der Waals surface area contributed by atoms with E-state index in [0.29, 0.717) is 11.7 Å². The predicted octanol–water partition coefficient (Wildman–Crippen LogP) is 0.383. The van der Waals surface area contributed by atoms with Crippen LogP contribution in [0.3, 0.4) is 0 Å². The van der Waals surface area contributed by atoms with Gasteiger partial charge in [0.05, 0.1) is 6.20 Å². The third-order valence-electron chi connectivity index (χ3n) is 3.48. The zero-order chi connectivity index (χ0) is 13.3. The molecule has 0 aromatic carbocycles. The molecule has 0 radical (unpaired) electrons. The van der Waals surface area contributed by atoms with Crippen LogP contribution in [0.15, 0.2) is 11.2 Å². The molecule has 7 heteroatoms. The van der Waals surface area contributed by atoms with Gasteiger partial charge in [-0.2, -0.15) is 0 Å². The quantitative estimate of drug-likeness (QED) is 0.742. The smallest absolute Gasteiger partial charge is 0.257 e. The number of hydrogen-bond acceptors (Lipinski definition) is 4. The van der Waals surface area contributed by atoms with Crippen LogP contribution < -0.4 is 10.0 Å². The molecule has 0 saturated carbocycles. The highest BCUT2D eigenvalue weighted by atomic mass is 32.2. The van der Waals surface area contributed by atoms with Gasteiger partial charge in [-0.1, -0.05) is 6.92 Å². The summed E-state index contributed by atoms with van der Waals surface area (Å²) in [4.78, 5) is 6.68. The summed E-state index contributed by atoms with van der Waals surface area (Å²) < 4.78 is 27.2. The Morgan fingerprint density at radius 3 is 2.72 bits per heavy atom. The molecule has 1 aliphatic heterocycles. The third kappa shape index (κ3) is 2.73. The van der Waals surface area contributed by atoms with Gasteiger partial charge in [-0.15, -0.1) is 0 Å². The molecule has 3 atom stereocenters. The second-order valence-corrected chi connectivity index (χ2v) is 6.67. The fourth-order valence-corrected chi connectivity index (χ4v) is 3.73. The molecule has 3 unspecified atom stereocenters. The van der Waals surface area contributed by atoms with Crippen molar-refractivity contribution < 1.29 is 8.42 Å². The van der Waals surface area contributed by atoms with Gasteiger partial charge in [0, 0.05) is 12.1 Å². The lowest BCUT2D eigenvalue weighted by molar-refractivity contribution is 0.267. The minimum Gasteiger partial charge on any atom is -0.332 e. The fourth-order valence-electron chi connectivity index (χ4n) is 2.33. The Bertz CT molecular complexity index is 501. The first-order valence-electron chi connectivity index (χ1n) is 6.17. The number of imidazole rings is 1. The number of aromatic amines is 1. The Balaban J connectivity index is 2.17. The van der Waals surface area contributed by atoms with Crippen LogP contribution in [-0.4, -0.2) is 37.0 Å². The van der Waals surface area contributed by atoms with Gasteiger partial charge in [0.25, 0.3) is 10.0 Å². The van der Waals surface area contributed by atoms with E-state index in [1.54, 1.807) is 6.92 Å². The van der Waals surface area contributed by atoms with Crippen LogP contribution in [0.5, 0.6) is 0 Å². The summed E-state index contributed by atoms with van der Waals surface area (Å²) in [6, 6.07) is 0.0416. The molecule has 3 N–H and O–H groups in total. The van der Waals surface area contributed by atoms with E-state index in [0.717, 1.165) is 13.0 Å². The van der Waals surface area contributed by atoms with E-state index in [4.69, 9.17) is 0 Å². The SMILES string of the molecule is Cc1ncc(S(=O)(=O)NC2C(C)CCNC2C)[nH]1. The highest BCUT2D eigenvalue weighted by Crippen LogP contribution is 2.18. The topological polar surface area (TPSA) is 86.9 Å². The first-order valence-corrected chi connectivity index (χ1v) is 7.66. The molecule has 0 spiro atoms. The van der Waals surface area contributed by atoms with Gasteiger partial charge in [-0.05, 0) is 32.7 Å². The third-order valence-corrected chi connectivity index (χ3v) is 4.85. The molecule has 1 aromatic rings. The number of nitrogens with one attached hydrogen (secondary N) is 3. The Kier molecular flexibility index (Phi) is 3.74. The Morgan fingerprint density at radius 2 is 2.17 bits per heavy atom. The number of aromatic nitrogens is 2. The molecule has 1 aliphatic rings. The normalized spacial score (nSPS) is 29.4. The molecule has 102 valence electrons. The second-order valence-electron chi connectivity index (χ2n) is 4.99. The van der Waals surface area contributed by atoms with E-state index in [-0.39, 0.29) is 17.1 Å². The van der Waals surface area contributed by atoms with Gasteiger partial charge >= 0.3 is 0 Å². The maximum atomic E-state index is 12.2. The number of aryl methyl sites for hydroxylation is 1. The van der Waals surface area contributed by atoms with Crippen molar-refractivity contribution in [3.05, 3.63) is 12.0 Å². The Labute approximate surface area is 108 Å². The van der Waals surface area contributed by atoms with Crippen LogP contribution in [-0.2, 0) is 10.0 Å². The van der Waals surface area contributed by atoms with Gasteiger partial charge in [-0.3, -0.25) is 0 Å². The summed E-state index contributed by atoms with van der Waals surface area (Å²) >= 11 is 0. The first kappa shape index (κ1) is 13.5. The summed E-state index contributed by atoms with van der Waals surface area (Å²) in [7, 11) is -3.51. The van der Waals surface area contributed by atoms with E-state index in [9.17, 15) is 8.42 Å². The molecule has 2 rings (SSSR count). The number of piperidine rings is 1. The molecule has 0 bridgehead atoms. The van der Waals surface area contributed by atoms with Gasteiger partial charge in [0.1, 0.15) is 5.82 Å². The minimum absolute atomic E-state index is 0.0904. The Hall–Kier alpha value is -0.920. The molecule has 1 fully saturated rings. The van der Waals surface area contributed by atoms with Crippen molar-refractivity contribution in [2.75, 3.05) is 6.54 Å². The van der Waals surface area contributed by atoms with Gasteiger partial charge in [-0.25, -0.2) is 18.1 Å². The van der Waals surface area contributed by atoms with E-state index >= 15 is 0 Å². The first-order chi connectivity index (χ1) is 8.40. The maximum absolute atomic E-state index is 12.2. The van der Waals surface area contributed by atoms with Gasteiger partial charge in [0.2, 0.25) is 0 Å². The van der Waals surface area contributed by atoms with Crippen LogP contribution >= 0.6 is 0 Å². The average Bonchev–Trinajstić information content (AvgIpc) is 2.71. The number of H-pyrrole nitrogens is 1. The van der Waals surface area contributed by atoms with Gasteiger partial charge in [0.15, 0.2) is 5.03 Å². The summed E-state index contributed by atoms with van der Waals surface area (Å²) in [6.07, 6.45) is 2.32. The summed E-state index contributed by atoms with van der Waals surface area (Å²) in [6.45, 7) is 6.74. The predicted molar refractivity (Wildman–Crippen MR) is 68.7 cm³/mol. The largest absolute Gasteiger partial charge is 0.332 e. The fraction of sp³-hybridized carbons (Fsp3) is 0.727. The number of hydrogen-bond donors (Lipinski definition) is 3. The van der Waals surface area contributed by atoms with Gasteiger partial charge < -0.3 is 10.3 Å². The van der Waals surface area contributed by atoms with Crippen molar-refractivity contribution in [1.82, 2.24) is 20.0 Å². The second kappa shape index (κ2) is 4.99. The lowest BCUT2D eigenvalue weighted by atomic mass is 9.90. The molecule has 6 nitrogen and oxygen atoms in total. The summed E-state index contributed by atoms with van der Waals surface area (Å²) in [5.41, 5.74) is 0. The van der Waals surface area contributed by atoms with Crippen LogP contribution in [0.2, 0.25) is 0 Å². The van der Waals surface area contributed by atoms with Crippen molar-refractivity contribution in [3.8, 4) is 0 Å². The summed E-state index contributed by atoms with van der Waals surface area (Å²) in [5.74, 6) is 0.915. The van der Waals surface area contributed by atoms with Crippen LogP contribution in [0.1, 0.15) is 26.1 Å². The maximum Gasteiger partial charge on any atom is 0.257 e. The standard InChI is InChI=1S/C11H20N4O2S/c1-7-4-5-12-8(2)11(7)15-18(16,17)10-6-13-9(3)14-10/h6-8,11-12,15H,4-5H2,1-3H3,(H,13,14). The Morgan fingerprint density at radius 1 is 1.44 bits per heavy atom.